The van der Waals surface area contributed by atoms with E-state index in [1.54, 1.807) is 6.07 Å². The number of nitrogens with one attached hydrogen (secondary N) is 1. The first kappa shape index (κ1) is 19.8. The minimum atomic E-state index is -0.210. The number of halogens is 1. The topological polar surface area (TPSA) is 72.3 Å². The summed E-state index contributed by atoms with van der Waals surface area (Å²) in [6, 6.07) is 15.3. The molecule has 4 heterocycles. The Morgan fingerprint density at radius 1 is 1.00 bits per heavy atom. The second-order valence-corrected chi connectivity index (χ2v) is 8.72. The van der Waals surface area contributed by atoms with Crippen molar-refractivity contribution >= 4 is 11.0 Å². The van der Waals surface area contributed by atoms with Gasteiger partial charge in [-0.05, 0) is 85.3 Å². The molecular weight excluding hydrogens is 415 g/mol. The lowest BCUT2D eigenvalue weighted by Gasteiger charge is -2.23. The molecule has 6 nitrogen and oxygen atoms in total. The number of aromatic nitrogens is 6. The molecule has 2 aromatic carbocycles. The largest absolute Gasteiger partial charge is 0.335 e. The average Bonchev–Trinajstić information content (AvgIpc) is 3.43. The lowest BCUT2D eigenvalue weighted by atomic mass is 9.88. The van der Waals surface area contributed by atoms with Crippen LogP contribution in [-0.4, -0.2) is 29.7 Å². The third-order valence-corrected chi connectivity index (χ3v) is 6.41. The van der Waals surface area contributed by atoms with Gasteiger partial charge in [0.1, 0.15) is 11.6 Å². The van der Waals surface area contributed by atoms with Crippen molar-refractivity contribution in [3.63, 3.8) is 0 Å². The second-order valence-electron chi connectivity index (χ2n) is 8.72. The molecule has 164 valence electrons. The summed E-state index contributed by atoms with van der Waals surface area (Å²) in [4.78, 5) is 17.3. The van der Waals surface area contributed by atoms with Crippen LogP contribution < -0.4 is 0 Å². The average molecular weight is 439 g/mol. The Morgan fingerprint density at radius 3 is 2.73 bits per heavy atom. The van der Waals surface area contributed by atoms with Crippen LogP contribution in [0.4, 0.5) is 4.39 Å². The molecule has 5 aromatic rings. The number of imidazole rings is 1. The van der Waals surface area contributed by atoms with Gasteiger partial charge in [-0.15, -0.1) is 5.10 Å². The number of nitrogens with zero attached hydrogens (tertiary/aromatic N) is 5. The van der Waals surface area contributed by atoms with Gasteiger partial charge in [-0.3, -0.25) is 4.98 Å². The van der Waals surface area contributed by atoms with E-state index in [9.17, 15) is 4.39 Å². The van der Waals surface area contributed by atoms with Gasteiger partial charge in [0.05, 0.1) is 11.0 Å². The summed E-state index contributed by atoms with van der Waals surface area (Å²) in [7, 11) is 0. The monoisotopic (exact) mass is 438 g/mol. The molecule has 6 rings (SSSR count). The van der Waals surface area contributed by atoms with Gasteiger partial charge in [-0.2, -0.15) is 0 Å². The molecular formula is C26H23FN6. The Balaban J connectivity index is 1.38. The molecule has 1 aliphatic rings. The molecule has 0 saturated carbocycles. The van der Waals surface area contributed by atoms with Gasteiger partial charge in [-0.1, -0.05) is 12.1 Å². The number of aryl methyl sites for hydroxylation is 3. The number of benzene rings is 2. The summed E-state index contributed by atoms with van der Waals surface area (Å²) in [6.07, 6.45) is 3.80. The summed E-state index contributed by atoms with van der Waals surface area (Å²) in [5.74, 6) is 2.06. The maximum absolute atomic E-state index is 13.6. The van der Waals surface area contributed by atoms with E-state index < -0.39 is 0 Å². The summed E-state index contributed by atoms with van der Waals surface area (Å²) in [5.41, 5.74) is 7.07. The van der Waals surface area contributed by atoms with E-state index in [1.165, 1.54) is 6.07 Å². The van der Waals surface area contributed by atoms with E-state index in [1.807, 2.05) is 42.9 Å². The third kappa shape index (κ3) is 3.50. The SMILES string of the molecule is Cc1cc(-c2ccc3nc(-c4nc5n(n4)CCCC5c4ccc(F)cc4C)[nH]c3c2)ccn1. The molecule has 33 heavy (non-hydrogen) atoms. The Hall–Kier alpha value is -3.87. The zero-order chi connectivity index (χ0) is 22.5. The fourth-order valence-electron chi connectivity index (χ4n) is 4.80. The summed E-state index contributed by atoms with van der Waals surface area (Å²) in [5, 5.41) is 4.76. The molecule has 0 spiro atoms. The molecule has 1 atom stereocenters. The Labute approximate surface area is 190 Å². The first-order valence-electron chi connectivity index (χ1n) is 11.2. The van der Waals surface area contributed by atoms with Crippen LogP contribution in [0.3, 0.4) is 0 Å². The number of fused-ring (bicyclic) bond motifs is 2. The molecule has 0 amide bonds. The minimum absolute atomic E-state index is 0.103. The van der Waals surface area contributed by atoms with Crippen molar-refractivity contribution in [1.82, 2.24) is 29.7 Å². The summed E-state index contributed by atoms with van der Waals surface area (Å²) < 4.78 is 15.6. The molecule has 1 unspecified atom stereocenters. The minimum Gasteiger partial charge on any atom is -0.335 e. The third-order valence-electron chi connectivity index (χ3n) is 6.41. The number of pyridine rings is 1. The van der Waals surface area contributed by atoms with Crippen LogP contribution in [0.5, 0.6) is 0 Å². The quantitative estimate of drug-likeness (QED) is 0.400. The number of H-pyrrole nitrogens is 1. The van der Waals surface area contributed by atoms with Gasteiger partial charge >= 0.3 is 0 Å². The van der Waals surface area contributed by atoms with Crippen molar-refractivity contribution in [2.45, 2.75) is 39.2 Å². The Kier molecular flexibility index (Phi) is 4.57. The smallest absolute Gasteiger partial charge is 0.217 e. The highest BCUT2D eigenvalue weighted by atomic mass is 19.1. The number of hydrogen-bond acceptors (Lipinski definition) is 4. The van der Waals surface area contributed by atoms with E-state index in [2.05, 4.69) is 28.2 Å². The predicted octanol–water partition coefficient (Wildman–Crippen LogP) is 5.57. The lowest BCUT2D eigenvalue weighted by Crippen LogP contribution is -2.18. The van der Waals surface area contributed by atoms with Crippen LogP contribution in [0.15, 0.2) is 54.7 Å². The van der Waals surface area contributed by atoms with Crippen LogP contribution in [0.25, 0.3) is 33.8 Å². The first-order valence-corrected chi connectivity index (χ1v) is 11.2. The van der Waals surface area contributed by atoms with Gasteiger partial charge in [0.2, 0.25) is 5.82 Å². The van der Waals surface area contributed by atoms with Crippen LogP contribution in [0.1, 0.15) is 41.4 Å². The van der Waals surface area contributed by atoms with E-state index >= 15 is 0 Å². The maximum atomic E-state index is 13.6. The van der Waals surface area contributed by atoms with E-state index in [0.717, 1.165) is 64.2 Å². The Bertz CT molecular complexity index is 1500. The van der Waals surface area contributed by atoms with Crippen molar-refractivity contribution in [3.8, 4) is 22.8 Å². The van der Waals surface area contributed by atoms with Crippen LogP contribution in [-0.2, 0) is 6.54 Å². The summed E-state index contributed by atoms with van der Waals surface area (Å²) in [6.45, 7) is 4.77. The number of aromatic amines is 1. The van der Waals surface area contributed by atoms with E-state index in [4.69, 9.17) is 15.1 Å². The molecule has 0 bridgehead atoms. The predicted molar refractivity (Wildman–Crippen MR) is 125 cm³/mol. The first-order chi connectivity index (χ1) is 16.0. The van der Waals surface area contributed by atoms with Crippen LogP contribution in [0.2, 0.25) is 0 Å². The number of hydrogen-bond donors (Lipinski definition) is 1. The Morgan fingerprint density at radius 2 is 1.88 bits per heavy atom. The molecule has 0 aliphatic carbocycles. The lowest BCUT2D eigenvalue weighted by molar-refractivity contribution is 0.445. The molecule has 7 heteroatoms. The van der Waals surface area contributed by atoms with E-state index in [-0.39, 0.29) is 11.7 Å². The van der Waals surface area contributed by atoms with Crippen molar-refractivity contribution < 1.29 is 4.39 Å². The van der Waals surface area contributed by atoms with E-state index in [0.29, 0.717) is 11.6 Å². The second kappa shape index (κ2) is 7.62. The fourth-order valence-corrected chi connectivity index (χ4v) is 4.80. The highest BCUT2D eigenvalue weighted by molar-refractivity contribution is 5.84. The van der Waals surface area contributed by atoms with Crippen molar-refractivity contribution in [3.05, 3.63) is 83.2 Å². The highest BCUT2D eigenvalue weighted by Gasteiger charge is 2.28. The molecule has 0 fully saturated rings. The van der Waals surface area contributed by atoms with Crippen LogP contribution in [0, 0.1) is 19.7 Å². The number of rotatable bonds is 3. The van der Waals surface area contributed by atoms with Crippen molar-refractivity contribution in [1.29, 1.82) is 0 Å². The molecule has 0 saturated heterocycles. The molecule has 1 N–H and O–H groups in total. The zero-order valence-electron chi connectivity index (χ0n) is 18.5. The highest BCUT2D eigenvalue weighted by Crippen LogP contribution is 2.35. The van der Waals surface area contributed by atoms with Gasteiger partial charge < -0.3 is 4.98 Å². The van der Waals surface area contributed by atoms with Crippen LogP contribution >= 0.6 is 0 Å². The van der Waals surface area contributed by atoms with Gasteiger partial charge in [0.15, 0.2) is 5.82 Å². The van der Waals surface area contributed by atoms with Crippen molar-refractivity contribution in [2.75, 3.05) is 0 Å². The molecule has 3 aromatic heterocycles. The van der Waals surface area contributed by atoms with Crippen molar-refractivity contribution in [2.24, 2.45) is 0 Å². The standard InChI is InChI=1S/C26H23FN6/c1-15-12-19(27)6-7-20(15)21-4-3-11-33-26(21)31-25(32-33)24-29-22-8-5-17(14-23(22)30-24)18-9-10-28-16(2)13-18/h5-10,12-14,21H,3-4,11H2,1-2H3,(H,29,30). The maximum Gasteiger partial charge on any atom is 0.217 e. The summed E-state index contributed by atoms with van der Waals surface area (Å²) >= 11 is 0. The van der Waals surface area contributed by atoms with Gasteiger partial charge in [-0.25, -0.2) is 19.0 Å². The molecule has 0 radical (unpaired) electrons. The fraction of sp³-hybridized carbons (Fsp3) is 0.231. The van der Waals surface area contributed by atoms with Gasteiger partial charge in [0, 0.05) is 24.4 Å². The molecule has 1 aliphatic heterocycles. The normalized spacial score (nSPS) is 15.7. The van der Waals surface area contributed by atoms with Gasteiger partial charge in [0.25, 0.3) is 0 Å². The zero-order valence-corrected chi connectivity index (χ0v) is 18.5.